The third kappa shape index (κ3) is 5.42. The molecule has 2 rings (SSSR count). The molecule has 16 heavy (non-hydrogen) atoms. The Labute approximate surface area is 113 Å². The third-order valence-electron chi connectivity index (χ3n) is 1.90. The molecule has 0 aliphatic heterocycles. The van der Waals surface area contributed by atoms with E-state index in [2.05, 4.69) is 63.2 Å². The van der Waals surface area contributed by atoms with Gasteiger partial charge in [-0.3, -0.25) is 0 Å². The molecule has 0 heterocycles. The van der Waals surface area contributed by atoms with Crippen LogP contribution in [-0.4, -0.2) is 0 Å². The smallest absolute Gasteiger partial charge is 0.346 e. The van der Waals surface area contributed by atoms with Gasteiger partial charge >= 0.3 is 19.5 Å². The largest absolute Gasteiger partial charge is 2.00 e. The third-order valence-corrected chi connectivity index (χ3v) is 1.90. The molecule has 0 aliphatic carbocycles. The first kappa shape index (κ1) is 17.7. The van der Waals surface area contributed by atoms with Gasteiger partial charge in [-0.05, 0) is 17.7 Å². The minimum atomic E-state index is 0. The fourth-order valence-corrected chi connectivity index (χ4v) is 1.31. The average molecular weight is 266 g/mol. The molecule has 0 unspecified atom stereocenters. The summed E-state index contributed by atoms with van der Waals surface area (Å²) in [5, 5.41) is 2.64. The summed E-state index contributed by atoms with van der Waals surface area (Å²) in [5.41, 5.74) is 1.32. The van der Waals surface area contributed by atoms with Crippen molar-refractivity contribution in [1.82, 2.24) is 0 Å². The van der Waals surface area contributed by atoms with E-state index in [1.54, 1.807) is 13.8 Å². The van der Waals surface area contributed by atoms with Gasteiger partial charge in [0.2, 0.25) is 0 Å². The summed E-state index contributed by atoms with van der Waals surface area (Å²) in [7, 11) is 0. The molecule has 0 saturated carbocycles. The first-order valence-corrected chi connectivity index (χ1v) is 5.23. The Balaban J connectivity index is 0. The van der Waals surface area contributed by atoms with Gasteiger partial charge in [0.15, 0.2) is 0 Å². The zero-order valence-corrected chi connectivity index (χ0v) is 13.6. The molecule has 0 atom stereocenters. The molecule has 0 aromatic heterocycles. The predicted molar refractivity (Wildman–Crippen MR) is 70.7 cm³/mol. The van der Waals surface area contributed by atoms with Crippen LogP contribution in [0.25, 0.3) is 10.8 Å². The Morgan fingerprint density at radius 3 is 1.81 bits per heavy atom. The standard InChI is InChI=1S/C11H10.2C2H5.Zn/c1-9-6-7-10-4-2-3-5-11(10)8-9;2*1-2;/h2-8H,1H3;2*1H2,2H3;/q;2*-1;+2. The maximum Gasteiger partial charge on any atom is 2.00 e. The molecule has 0 nitrogen and oxygen atoms in total. The normalized spacial score (nSPS) is 7.81. The molecule has 82 valence electrons. The van der Waals surface area contributed by atoms with E-state index in [1.807, 2.05) is 0 Å². The van der Waals surface area contributed by atoms with Crippen LogP contribution in [0.3, 0.4) is 0 Å². The van der Waals surface area contributed by atoms with E-state index in [9.17, 15) is 0 Å². The van der Waals surface area contributed by atoms with Crippen molar-refractivity contribution in [1.29, 1.82) is 0 Å². The van der Waals surface area contributed by atoms with Crippen molar-refractivity contribution in [2.24, 2.45) is 0 Å². The minimum absolute atomic E-state index is 0. The summed E-state index contributed by atoms with van der Waals surface area (Å²) in [4.78, 5) is 0. The van der Waals surface area contributed by atoms with Crippen LogP contribution in [0.15, 0.2) is 42.5 Å². The number of rotatable bonds is 0. The van der Waals surface area contributed by atoms with Gasteiger partial charge in [0.1, 0.15) is 0 Å². The maximum absolute atomic E-state index is 3.25. The fourth-order valence-electron chi connectivity index (χ4n) is 1.31. The van der Waals surface area contributed by atoms with Crippen LogP contribution in [0.2, 0.25) is 0 Å². The summed E-state index contributed by atoms with van der Waals surface area (Å²) in [6.45, 7) is 12.1. The van der Waals surface area contributed by atoms with Crippen molar-refractivity contribution in [2.75, 3.05) is 0 Å². The molecule has 0 radical (unpaired) electrons. The number of benzene rings is 2. The van der Waals surface area contributed by atoms with Crippen molar-refractivity contribution >= 4 is 10.8 Å². The van der Waals surface area contributed by atoms with E-state index >= 15 is 0 Å². The summed E-state index contributed by atoms with van der Waals surface area (Å²) in [6.07, 6.45) is 0. The van der Waals surface area contributed by atoms with Gasteiger partial charge in [0.25, 0.3) is 0 Å². The molecule has 0 N–H and O–H groups in total. The molecule has 0 fully saturated rings. The van der Waals surface area contributed by atoms with E-state index in [-0.39, 0.29) is 19.5 Å². The number of hydrogen-bond acceptors (Lipinski definition) is 0. The molecule has 1 heteroatoms. The van der Waals surface area contributed by atoms with Crippen molar-refractivity contribution in [2.45, 2.75) is 20.8 Å². The average Bonchev–Trinajstić information content (AvgIpc) is 2.34. The molecule has 0 spiro atoms. The van der Waals surface area contributed by atoms with E-state index in [0.717, 1.165) is 0 Å². The maximum atomic E-state index is 3.25. The van der Waals surface area contributed by atoms with Crippen LogP contribution in [0.4, 0.5) is 0 Å². The first-order chi connectivity index (χ1) is 7.36. The van der Waals surface area contributed by atoms with Gasteiger partial charge in [0, 0.05) is 0 Å². The molecule has 0 bridgehead atoms. The SMILES string of the molecule is Cc1ccc2ccccc2c1.[CH2-]C.[CH2-]C.[Zn+2]. The van der Waals surface area contributed by atoms with Crippen LogP contribution < -0.4 is 0 Å². The molecular formula is C15H20Zn. The molecule has 2 aromatic rings. The second-order valence-electron chi connectivity index (χ2n) is 2.85. The van der Waals surface area contributed by atoms with Gasteiger partial charge < -0.3 is 13.8 Å². The molecule has 0 aliphatic rings. The summed E-state index contributed by atoms with van der Waals surface area (Å²) in [5.74, 6) is 0. The second kappa shape index (κ2) is 10.8. The zero-order chi connectivity index (χ0) is 11.7. The molecule has 0 saturated heterocycles. The summed E-state index contributed by atoms with van der Waals surface area (Å²) in [6, 6.07) is 14.9. The first-order valence-electron chi connectivity index (χ1n) is 5.23. The fraction of sp³-hybridized carbons (Fsp3) is 0.200. The Bertz CT molecular complexity index is 380. The van der Waals surface area contributed by atoms with E-state index in [1.165, 1.54) is 16.3 Å². The summed E-state index contributed by atoms with van der Waals surface area (Å²) >= 11 is 0. The van der Waals surface area contributed by atoms with Crippen LogP contribution in [0.5, 0.6) is 0 Å². The number of fused-ring (bicyclic) bond motifs is 1. The van der Waals surface area contributed by atoms with Crippen LogP contribution >= 0.6 is 0 Å². The Kier molecular flexibility index (Phi) is 12.0. The van der Waals surface area contributed by atoms with Gasteiger partial charge in [-0.25, -0.2) is 0 Å². The molecule has 2 aromatic carbocycles. The number of aryl methyl sites for hydroxylation is 1. The Morgan fingerprint density at radius 1 is 0.750 bits per heavy atom. The monoisotopic (exact) mass is 264 g/mol. The molecular weight excluding hydrogens is 246 g/mol. The van der Waals surface area contributed by atoms with E-state index in [4.69, 9.17) is 0 Å². The van der Waals surface area contributed by atoms with Crippen molar-refractivity contribution in [3.05, 3.63) is 61.9 Å². The quantitative estimate of drug-likeness (QED) is 0.473. The van der Waals surface area contributed by atoms with E-state index in [0.29, 0.717) is 0 Å². The topological polar surface area (TPSA) is 0 Å². The van der Waals surface area contributed by atoms with Crippen molar-refractivity contribution in [3.8, 4) is 0 Å². The van der Waals surface area contributed by atoms with Crippen LogP contribution in [-0.2, 0) is 19.5 Å². The van der Waals surface area contributed by atoms with E-state index < -0.39 is 0 Å². The zero-order valence-electron chi connectivity index (χ0n) is 10.7. The predicted octanol–water partition coefficient (Wildman–Crippen LogP) is 4.83. The van der Waals surface area contributed by atoms with Gasteiger partial charge in [0.05, 0.1) is 0 Å². The van der Waals surface area contributed by atoms with Gasteiger partial charge in [-0.1, -0.05) is 48.0 Å². The van der Waals surface area contributed by atoms with Gasteiger partial charge in [-0.2, -0.15) is 13.8 Å². The van der Waals surface area contributed by atoms with Crippen molar-refractivity contribution in [3.63, 3.8) is 0 Å². The second-order valence-corrected chi connectivity index (χ2v) is 2.85. The Morgan fingerprint density at radius 2 is 1.25 bits per heavy atom. The molecule has 0 amide bonds. The van der Waals surface area contributed by atoms with Gasteiger partial charge in [-0.15, -0.1) is 0 Å². The van der Waals surface area contributed by atoms with Crippen molar-refractivity contribution < 1.29 is 19.5 Å². The summed E-state index contributed by atoms with van der Waals surface area (Å²) < 4.78 is 0. The van der Waals surface area contributed by atoms with Crippen LogP contribution in [0, 0.1) is 20.8 Å². The Hall–Kier alpha value is -0.677. The van der Waals surface area contributed by atoms with Crippen LogP contribution in [0.1, 0.15) is 19.4 Å². The number of hydrogen-bond donors (Lipinski definition) is 0. The minimum Gasteiger partial charge on any atom is -0.346 e.